The van der Waals surface area contributed by atoms with Gasteiger partial charge in [-0.25, -0.2) is 9.78 Å². The van der Waals surface area contributed by atoms with Gasteiger partial charge in [0.05, 0.1) is 5.56 Å². The van der Waals surface area contributed by atoms with Crippen molar-refractivity contribution in [1.82, 2.24) is 25.9 Å². The minimum absolute atomic E-state index is 0.00370. The molecule has 1 aliphatic rings. The van der Waals surface area contributed by atoms with Gasteiger partial charge in [-0.05, 0) is 56.0 Å². The lowest BCUT2D eigenvalue weighted by Gasteiger charge is -2.27. The van der Waals surface area contributed by atoms with E-state index in [0.29, 0.717) is 30.6 Å². The van der Waals surface area contributed by atoms with Crippen LogP contribution in [0.1, 0.15) is 55.5 Å². The van der Waals surface area contributed by atoms with Crippen LogP contribution in [-0.4, -0.2) is 81.3 Å². The number of primary amides is 1. The van der Waals surface area contributed by atoms with E-state index in [9.17, 15) is 33.6 Å². The smallest absolute Gasteiger partial charge is 0.450 e. The predicted octanol–water partition coefficient (Wildman–Crippen LogP) is 0.238. The van der Waals surface area contributed by atoms with Crippen LogP contribution in [0, 0.1) is 0 Å². The van der Waals surface area contributed by atoms with Crippen LogP contribution in [0.15, 0.2) is 42.6 Å². The Morgan fingerprint density at radius 3 is 2.39 bits per heavy atom. The Kier molecular flexibility index (Phi) is 12.4. The fourth-order valence-electron chi connectivity index (χ4n) is 4.55. The Balaban J connectivity index is 1.47. The lowest BCUT2D eigenvalue weighted by molar-refractivity contribution is -0.137. The van der Waals surface area contributed by atoms with Gasteiger partial charge in [0.15, 0.2) is 0 Å². The molecule has 0 saturated carbocycles. The molecular formula is C29H36N8O9. The number of aromatic nitrogens is 1. The zero-order valence-corrected chi connectivity index (χ0v) is 25.2. The number of rotatable bonds is 14. The molecule has 1 saturated heterocycles. The molecule has 8 N–H and O–H groups in total. The molecule has 0 spiro atoms. The van der Waals surface area contributed by atoms with Crippen molar-refractivity contribution in [2.24, 2.45) is 5.73 Å². The standard InChI is InChI=1S/C29H36N8O9/c1-16(28(43)37-13-3-4-22(37)27(42)34-20-8-5-18(6-9-20)15-46-29(44)45)32-26(41)19-7-11-23(31-14-19)35-36-24(39)12-10-21(25(30)40)33-17(2)38/h5-9,11,14,16,21-22H,3-4,10,12-13,15H2,1-2H3,(H2,30,40)(H,31,35)(H,32,41)(H,33,38)(H,34,42)(H,36,39)(H,44,45)/t16-,21+,22+/m1/s1. The quantitative estimate of drug-likeness (QED) is 0.109. The molecular weight excluding hydrogens is 604 g/mol. The van der Waals surface area contributed by atoms with Crippen LogP contribution < -0.4 is 32.5 Å². The SMILES string of the molecule is CC(=O)N[C@@H](CCC(=O)NNc1ccc(C(=O)N[C@H](C)C(=O)N2CCC[C@H]2C(=O)Nc2ccc(COC(=O)O)cc2)cn1)C(N)=O. The summed E-state index contributed by atoms with van der Waals surface area (Å²) in [5.74, 6) is -2.91. The van der Waals surface area contributed by atoms with Gasteiger partial charge in [-0.1, -0.05) is 12.1 Å². The molecule has 2 heterocycles. The highest BCUT2D eigenvalue weighted by atomic mass is 16.7. The van der Waals surface area contributed by atoms with Crippen molar-refractivity contribution in [2.75, 3.05) is 17.3 Å². The molecule has 1 aromatic carbocycles. The first kappa shape index (κ1) is 34.7. The van der Waals surface area contributed by atoms with E-state index in [1.807, 2.05) is 0 Å². The van der Waals surface area contributed by atoms with Gasteiger partial charge in [-0.3, -0.25) is 39.6 Å². The highest BCUT2D eigenvalue weighted by molar-refractivity contribution is 6.00. The zero-order valence-electron chi connectivity index (χ0n) is 25.2. The second-order valence-electron chi connectivity index (χ2n) is 10.4. The molecule has 0 radical (unpaired) electrons. The number of carbonyl (C=O) groups is 7. The minimum Gasteiger partial charge on any atom is -0.450 e. The van der Waals surface area contributed by atoms with Crippen LogP contribution in [0.3, 0.4) is 0 Å². The van der Waals surface area contributed by atoms with E-state index >= 15 is 0 Å². The summed E-state index contributed by atoms with van der Waals surface area (Å²) < 4.78 is 4.51. The first-order valence-electron chi connectivity index (χ1n) is 14.3. The molecule has 1 aromatic heterocycles. The van der Waals surface area contributed by atoms with Gasteiger partial charge in [0.1, 0.15) is 30.6 Å². The molecule has 0 bridgehead atoms. The Morgan fingerprint density at radius 1 is 1.07 bits per heavy atom. The second kappa shape index (κ2) is 16.4. The fraction of sp³-hybridized carbons (Fsp3) is 0.379. The maximum absolute atomic E-state index is 13.2. The number of carbonyl (C=O) groups excluding carboxylic acids is 6. The third kappa shape index (κ3) is 10.5. The molecule has 0 unspecified atom stereocenters. The van der Waals surface area contributed by atoms with Gasteiger partial charge in [0, 0.05) is 31.8 Å². The van der Waals surface area contributed by atoms with Gasteiger partial charge in [0.25, 0.3) is 5.91 Å². The highest BCUT2D eigenvalue weighted by Crippen LogP contribution is 2.21. The number of nitrogens with two attached hydrogens (primary N) is 1. The average molecular weight is 641 g/mol. The Labute approximate surface area is 263 Å². The van der Waals surface area contributed by atoms with Crippen molar-refractivity contribution < 1.29 is 43.4 Å². The van der Waals surface area contributed by atoms with Crippen LogP contribution in [0.25, 0.3) is 0 Å². The van der Waals surface area contributed by atoms with E-state index in [2.05, 4.69) is 36.5 Å². The summed E-state index contributed by atoms with van der Waals surface area (Å²) in [6, 6.07) is 6.61. The summed E-state index contributed by atoms with van der Waals surface area (Å²) in [4.78, 5) is 89.7. The molecule has 3 rings (SSSR count). The minimum atomic E-state index is -1.39. The molecule has 46 heavy (non-hydrogen) atoms. The van der Waals surface area contributed by atoms with Crippen molar-refractivity contribution in [1.29, 1.82) is 0 Å². The Hall–Kier alpha value is -5.74. The molecule has 1 fully saturated rings. The van der Waals surface area contributed by atoms with E-state index in [-0.39, 0.29) is 30.8 Å². The molecule has 17 nitrogen and oxygen atoms in total. The van der Waals surface area contributed by atoms with Crippen LogP contribution in [0.2, 0.25) is 0 Å². The topological polar surface area (TPSA) is 251 Å². The van der Waals surface area contributed by atoms with Gasteiger partial charge >= 0.3 is 6.16 Å². The van der Waals surface area contributed by atoms with Crippen molar-refractivity contribution >= 4 is 53.1 Å². The number of benzene rings is 1. The van der Waals surface area contributed by atoms with Crippen LogP contribution >= 0.6 is 0 Å². The van der Waals surface area contributed by atoms with E-state index in [4.69, 9.17) is 10.8 Å². The summed E-state index contributed by atoms with van der Waals surface area (Å²) >= 11 is 0. The number of nitrogens with one attached hydrogen (secondary N) is 5. The Morgan fingerprint density at radius 2 is 1.78 bits per heavy atom. The number of hydrogen-bond donors (Lipinski definition) is 7. The summed E-state index contributed by atoms with van der Waals surface area (Å²) in [6.07, 6.45) is 0.773. The second-order valence-corrected chi connectivity index (χ2v) is 10.4. The van der Waals surface area contributed by atoms with Gasteiger partial charge in [0.2, 0.25) is 29.5 Å². The number of ether oxygens (including phenoxy) is 1. The first-order chi connectivity index (χ1) is 21.8. The van der Waals surface area contributed by atoms with Crippen molar-refractivity contribution in [3.05, 3.63) is 53.7 Å². The monoisotopic (exact) mass is 640 g/mol. The summed E-state index contributed by atoms with van der Waals surface area (Å²) in [5, 5.41) is 16.4. The van der Waals surface area contributed by atoms with Crippen molar-refractivity contribution in [3.63, 3.8) is 0 Å². The lowest BCUT2D eigenvalue weighted by atomic mass is 10.1. The predicted molar refractivity (Wildman–Crippen MR) is 162 cm³/mol. The highest BCUT2D eigenvalue weighted by Gasteiger charge is 2.36. The van der Waals surface area contributed by atoms with E-state index in [0.717, 1.165) is 0 Å². The third-order valence-electron chi connectivity index (χ3n) is 6.88. The van der Waals surface area contributed by atoms with Crippen molar-refractivity contribution in [2.45, 2.75) is 64.3 Å². The van der Waals surface area contributed by atoms with Crippen LogP contribution in [0.4, 0.5) is 16.3 Å². The van der Waals surface area contributed by atoms with E-state index in [1.165, 1.54) is 37.1 Å². The summed E-state index contributed by atoms with van der Waals surface area (Å²) in [6.45, 7) is 2.95. The molecule has 0 aliphatic carbocycles. The lowest BCUT2D eigenvalue weighted by Crippen LogP contribution is -2.51. The van der Waals surface area contributed by atoms with E-state index < -0.39 is 59.7 Å². The van der Waals surface area contributed by atoms with Crippen molar-refractivity contribution in [3.8, 4) is 0 Å². The third-order valence-corrected chi connectivity index (χ3v) is 6.88. The number of carboxylic acid groups (broad SMARTS) is 1. The van der Waals surface area contributed by atoms with Crippen LogP contribution in [-0.2, 0) is 35.3 Å². The largest absolute Gasteiger partial charge is 0.506 e. The zero-order chi connectivity index (χ0) is 33.8. The molecule has 2 aromatic rings. The maximum Gasteiger partial charge on any atom is 0.506 e. The van der Waals surface area contributed by atoms with Crippen LogP contribution in [0.5, 0.6) is 0 Å². The van der Waals surface area contributed by atoms with Gasteiger partial charge < -0.3 is 36.4 Å². The number of amides is 6. The van der Waals surface area contributed by atoms with Gasteiger partial charge in [-0.2, -0.15) is 0 Å². The molecule has 17 heteroatoms. The number of anilines is 2. The summed E-state index contributed by atoms with van der Waals surface area (Å²) in [5.41, 5.74) is 11.4. The van der Waals surface area contributed by atoms with E-state index in [1.54, 1.807) is 24.3 Å². The van der Waals surface area contributed by atoms with Gasteiger partial charge in [-0.15, -0.1) is 0 Å². The molecule has 6 amide bonds. The number of hydrazine groups is 1. The summed E-state index contributed by atoms with van der Waals surface area (Å²) in [7, 11) is 0. The molecule has 3 atom stereocenters. The maximum atomic E-state index is 13.2. The average Bonchev–Trinajstić information content (AvgIpc) is 3.51. The number of nitrogens with zero attached hydrogens (tertiary/aromatic N) is 2. The Bertz CT molecular complexity index is 1450. The number of pyridine rings is 1. The first-order valence-corrected chi connectivity index (χ1v) is 14.3. The molecule has 246 valence electrons. The fourth-order valence-corrected chi connectivity index (χ4v) is 4.55. The molecule has 1 aliphatic heterocycles. The number of likely N-dealkylation sites (tertiary alicyclic amines) is 1. The normalized spacial score (nSPS) is 15.1. The number of hydrogen-bond acceptors (Lipinski definition) is 10.